The first-order valence-electron chi connectivity index (χ1n) is 8.60. The van der Waals surface area contributed by atoms with Crippen molar-refractivity contribution >= 4 is 17.6 Å². The fourth-order valence-corrected chi connectivity index (χ4v) is 2.44. The number of aromatic carboxylic acids is 1. The van der Waals surface area contributed by atoms with Gasteiger partial charge >= 0.3 is 5.97 Å². The number of carboxylic acids is 1. The topological polar surface area (TPSA) is 95.7 Å². The average molecular weight is 357 g/mol. The molecule has 0 saturated heterocycles. The molecule has 0 atom stereocenters. The average Bonchev–Trinajstić information content (AvgIpc) is 2.62. The molecule has 1 aromatic rings. The number of likely N-dealkylation sites (N-methyl/N-ethyl adjacent to an activating group) is 1. The second-order valence-corrected chi connectivity index (χ2v) is 5.50. The molecule has 0 bridgehead atoms. The number of rotatable bonds is 9. The number of benzene rings is 1. The molecule has 0 aliphatic carbocycles. The number of carbonyl (C=O) groups is 2. The van der Waals surface area contributed by atoms with Crippen molar-refractivity contribution in [2.75, 3.05) is 18.4 Å². The van der Waals surface area contributed by atoms with E-state index in [2.05, 4.69) is 24.1 Å². The number of carboxylic acid groups (broad SMARTS) is 1. The fourth-order valence-electron chi connectivity index (χ4n) is 2.44. The van der Waals surface area contributed by atoms with Crippen LogP contribution in [0.5, 0.6) is 0 Å². The lowest BCUT2D eigenvalue weighted by Crippen LogP contribution is -2.21. The van der Waals surface area contributed by atoms with E-state index in [0.29, 0.717) is 5.56 Å². The predicted octanol–water partition coefficient (Wildman–Crippen LogP) is 3.14. The molecule has 6 nitrogen and oxygen atoms in total. The molecule has 0 unspecified atom stereocenters. The van der Waals surface area contributed by atoms with Crippen LogP contribution in [0.25, 0.3) is 0 Å². The van der Waals surface area contributed by atoms with Gasteiger partial charge in [-0.3, -0.25) is 4.79 Å². The molecule has 0 aliphatic heterocycles. The molecule has 1 aromatic carbocycles. The van der Waals surface area contributed by atoms with Gasteiger partial charge in [0.1, 0.15) is 0 Å². The van der Waals surface area contributed by atoms with Gasteiger partial charge in [0.25, 0.3) is 0 Å². The van der Waals surface area contributed by atoms with Crippen molar-refractivity contribution in [2.24, 2.45) is 5.73 Å². The van der Waals surface area contributed by atoms with E-state index < -0.39 is 11.9 Å². The van der Waals surface area contributed by atoms with Crippen LogP contribution in [0, 0.1) is 0 Å². The summed E-state index contributed by atoms with van der Waals surface area (Å²) in [7, 11) is 0. The van der Waals surface area contributed by atoms with E-state index in [1.807, 2.05) is 25.2 Å². The number of anilines is 1. The van der Waals surface area contributed by atoms with Gasteiger partial charge in [0.2, 0.25) is 5.91 Å². The maximum absolute atomic E-state index is 12.1. The molecule has 1 amide bonds. The Bertz CT molecular complexity index is 717. The zero-order chi connectivity index (χ0) is 19.5. The van der Waals surface area contributed by atoms with Crippen molar-refractivity contribution in [3.63, 3.8) is 0 Å². The summed E-state index contributed by atoms with van der Waals surface area (Å²) >= 11 is 0. The highest BCUT2D eigenvalue weighted by Crippen LogP contribution is 2.18. The highest BCUT2D eigenvalue weighted by molar-refractivity contribution is 6.04. The highest BCUT2D eigenvalue weighted by atomic mass is 16.4. The van der Waals surface area contributed by atoms with Gasteiger partial charge in [0.05, 0.1) is 11.3 Å². The van der Waals surface area contributed by atoms with Crippen molar-refractivity contribution in [2.45, 2.75) is 27.3 Å². The molecule has 1 rings (SSSR count). The minimum absolute atomic E-state index is 0.0167. The van der Waals surface area contributed by atoms with Crippen molar-refractivity contribution in [3.8, 4) is 0 Å². The normalized spacial score (nSPS) is 11.9. The summed E-state index contributed by atoms with van der Waals surface area (Å²) < 4.78 is 0. The second-order valence-electron chi connectivity index (χ2n) is 5.50. The summed E-state index contributed by atoms with van der Waals surface area (Å²) in [6, 6.07) is 4.71. The maximum atomic E-state index is 12.1. The summed E-state index contributed by atoms with van der Waals surface area (Å²) in [6.45, 7) is 8.03. The lowest BCUT2D eigenvalue weighted by Gasteiger charge is -2.21. The van der Waals surface area contributed by atoms with E-state index in [4.69, 9.17) is 5.73 Å². The zero-order valence-corrected chi connectivity index (χ0v) is 15.5. The Labute approximate surface area is 154 Å². The van der Waals surface area contributed by atoms with E-state index in [0.717, 1.165) is 18.8 Å². The van der Waals surface area contributed by atoms with Crippen LogP contribution in [0.2, 0.25) is 0 Å². The molecule has 0 spiro atoms. The van der Waals surface area contributed by atoms with E-state index in [1.54, 1.807) is 18.2 Å². The largest absolute Gasteiger partial charge is 0.478 e. The van der Waals surface area contributed by atoms with E-state index in [9.17, 15) is 14.7 Å². The van der Waals surface area contributed by atoms with Crippen LogP contribution in [0.15, 0.2) is 54.3 Å². The summed E-state index contributed by atoms with van der Waals surface area (Å²) in [4.78, 5) is 25.6. The number of hydrogen-bond donors (Lipinski definition) is 3. The first-order valence-corrected chi connectivity index (χ1v) is 8.60. The fraction of sp³-hybridized carbons (Fsp3) is 0.300. The van der Waals surface area contributed by atoms with Crippen LogP contribution in [-0.2, 0) is 11.3 Å². The Kier molecular flexibility index (Phi) is 8.87. The molecule has 4 N–H and O–H groups in total. The van der Waals surface area contributed by atoms with Gasteiger partial charge in [-0.15, -0.1) is 0 Å². The van der Waals surface area contributed by atoms with Crippen molar-refractivity contribution in [1.82, 2.24) is 4.90 Å². The van der Waals surface area contributed by atoms with Crippen LogP contribution >= 0.6 is 0 Å². The zero-order valence-electron chi connectivity index (χ0n) is 15.5. The number of nitrogens with two attached hydrogens (primary N) is 1. The van der Waals surface area contributed by atoms with E-state index >= 15 is 0 Å². The van der Waals surface area contributed by atoms with Crippen LogP contribution in [-0.4, -0.2) is 35.0 Å². The van der Waals surface area contributed by atoms with Gasteiger partial charge in [-0.2, -0.15) is 0 Å². The molecule has 0 radical (unpaired) electrons. The van der Waals surface area contributed by atoms with E-state index in [1.165, 1.54) is 12.1 Å². The summed E-state index contributed by atoms with van der Waals surface area (Å²) in [5.74, 6) is -1.51. The number of nitrogens with zero attached hydrogens (tertiary/aromatic N) is 1. The molecule has 0 fully saturated rings. The third kappa shape index (κ3) is 6.22. The van der Waals surface area contributed by atoms with Crippen LogP contribution < -0.4 is 11.1 Å². The Balaban J connectivity index is 2.93. The highest BCUT2D eigenvalue weighted by Gasteiger charge is 2.12. The molecular formula is C20H27N3O3. The Hall–Kier alpha value is -2.86. The van der Waals surface area contributed by atoms with Crippen LogP contribution in [0.3, 0.4) is 0 Å². The van der Waals surface area contributed by atoms with E-state index in [-0.39, 0.29) is 17.8 Å². The smallest absolute Gasteiger partial charge is 0.337 e. The second kappa shape index (κ2) is 10.9. The SMILES string of the molecule is C\C=C/C(=C\C=C\C(=O)Nc1ccc(CN)cc1C(=O)O)N(CC)CC. The molecule has 0 aromatic heterocycles. The van der Waals surface area contributed by atoms with Crippen molar-refractivity contribution in [1.29, 1.82) is 0 Å². The van der Waals surface area contributed by atoms with Crippen LogP contribution in [0.4, 0.5) is 5.69 Å². The summed E-state index contributed by atoms with van der Waals surface area (Å²) in [6.07, 6.45) is 8.79. The summed E-state index contributed by atoms with van der Waals surface area (Å²) in [5.41, 5.74) is 7.48. The lowest BCUT2D eigenvalue weighted by atomic mass is 10.1. The number of nitrogens with one attached hydrogen (secondary N) is 1. The van der Waals surface area contributed by atoms with Crippen molar-refractivity contribution < 1.29 is 14.7 Å². The van der Waals surface area contributed by atoms with Gasteiger partial charge in [-0.25, -0.2) is 4.79 Å². The molecule has 0 saturated carbocycles. The Morgan fingerprint density at radius 1 is 1.23 bits per heavy atom. The van der Waals surface area contributed by atoms with Gasteiger partial charge in [-0.05, 0) is 50.6 Å². The van der Waals surface area contributed by atoms with Gasteiger partial charge in [0.15, 0.2) is 0 Å². The molecule has 6 heteroatoms. The number of amides is 1. The molecule has 26 heavy (non-hydrogen) atoms. The molecule has 0 aliphatic rings. The monoisotopic (exact) mass is 357 g/mol. The maximum Gasteiger partial charge on any atom is 0.337 e. The summed E-state index contributed by atoms with van der Waals surface area (Å²) in [5, 5.41) is 11.9. The quantitative estimate of drug-likeness (QED) is 0.466. The molecule has 140 valence electrons. The Morgan fingerprint density at radius 2 is 1.92 bits per heavy atom. The van der Waals surface area contributed by atoms with Gasteiger partial charge in [0, 0.05) is 31.4 Å². The predicted molar refractivity (Wildman–Crippen MR) is 105 cm³/mol. The molecule has 0 heterocycles. The van der Waals surface area contributed by atoms with Crippen LogP contribution in [0.1, 0.15) is 36.7 Å². The minimum Gasteiger partial charge on any atom is -0.478 e. The lowest BCUT2D eigenvalue weighted by molar-refractivity contribution is -0.111. The van der Waals surface area contributed by atoms with Crippen molar-refractivity contribution in [3.05, 3.63) is 65.4 Å². The number of allylic oxidation sites excluding steroid dienone is 4. The van der Waals surface area contributed by atoms with Gasteiger partial charge < -0.3 is 21.1 Å². The molecular weight excluding hydrogens is 330 g/mol. The first-order chi connectivity index (χ1) is 12.5. The number of hydrogen-bond acceptors (Lipinski definition) is 4. The van der Waals surface area contributed by atoms with Gasteiger partial charge in [-0.1, -0.05) is 18.2 Å². The Morgan fingerprint density at radius 3 is 2.46 bits per heavy atom. The third-order valence-electron chi connectivity index (χ3n) is 3.79. The minimum atomic E-state index is -1.11. The third-order valence-corrected chi connectivity index (χ3v) is 3.79. The number of carbonyl (C=O) groups excluding carboxylic acids is 1. The standard InChI is InChI=1S/C20H27N3O3/c1-4-8-16(23(5-2)6-3)9-7-10-19(24)22-18-12-11-15(14-21)13-17(18)20(25)26/h4,7-13H,5-6,14,21H2,1-3H3,(H,22,24)(H,25,26)/b8-4-,10-7+,16-9+. The first kappa shape index (κ1) is 21.2.